The predicted molar refractivity (Wildman–Crippen MR) is 132 cm³/mol. The molecule has 0 spiro atoms. The van der Waals surface area contributed by atoms with Crippen LogP contribution in [0.15, 0.2) is 18.3 Å². The van der Waals surface area contributed by atoms with Crippen LogP contribution in [-0.4, -0.2) is 70.2 Å². The Morgan fingerprint density at radius 3 is 2.83 bits per heavy atom. The van der Waals surface area contributed by atoms with Crippen LogP contribution in [-0.2, 0) is 0 Å². The SMILES string of the molecule is CN1CCCC1COc1nc(NC2CNC2)c2cnc(-c3ccc(F)c4sc(N)nc34)c(F)c2n1. The molecule has 0 amide bonds. The number of nitrogen functional groups attached to an aromatic ring is 1. The van der Waals surface area contributed by atoms with Gasteiger partial charge < -0.3 is 26.0 Å². The summed E-state index contributed by atoms with van der Waals surface area (Å²) in [6.45, 7) is 3.00. The van der Waals surface area contributed by atoms with Gasteiger partial charge in [0.05, 0.1) is 21.6 Å². The minimum absolute atomic E-state index is 0.0178. The zero-order valence-corrected chi connectivity index (χ0v) is 19.8. The Balaban J connectivity index is 1.45. The molecule has 12 heteroatoms. The van der Waals surface area contributed by atoms with E-state index in [1.807, 2.05) is 0 Å². The van der Waals surface area contributed by atoms with Gasteiger partial charge in [0.2, 0.25) is 0 Å². The van der Waals surface area contributed by atoms with Crippen LogP contribution in [0.2, 0.25) is 0 Å². The number of halogens is 2. The van der Waals surface area contributed by atoms with Crippen molar-refractivity contribution in [1.82, 2.24) is 30.2 Å². The van der Waals surface area contributed by atoms with Crippen molar-refractivity contribution >= 4 is 43.4 Å². The average molecular weight is 499 g/mol. The summed E-state index contributed by atoms with van der Waals surface area (Å²) in [7, 11) is 2.06. The number of hydrogen-bond acceptors (Lipinski definition) is 10. The molecule has 1 unspecified atom stereocenters. The number of nitrogens with two attached hydrogens (primary N) is 1. The molecule has 1 atom stereocenters. The highest BCUT2D eigenvalue weighted by atomic mass is 32.1. The molecule has 0 aliphatic carbocycles. The van der Waals surface area contributed by atoms with Gasteiger partial charge in [0.1, 0.15) is 29.5 Å². The molecule has 2 aliphatic rings. The van der Waals surface area contributed by atoms with Crippen LogP contribution in [0.5, 0.6) is 6.01 Å². The molecule has 4 N–H and O–H groups in total. The maximum Gasteiger partial charge on any atom is 0.319 e. The lowest BCUT2D eigenvalue weighted by Crippen LogP contribution is -2.51. The number of benzene rings is 1. The largest absolute Gasteiger partial charge is 0.462 e. The monoisotopic (exact) mass is 498 g/mol. The van der Waals surface area contributed by atoms with Crippen molar-refractivity contribution in [1.29, 1.82) is 0 Å². The van der Waals surface area contributed by atoms with Crippen LogP contribution in [0.1, 0.15) is 12.8 Å². The van der Waals surface area contributed by atoms with Gasteiger partial charge in [0.15, 0.2) is 10.9 Å². The first-order chi connectivity index (χ1) is 17.0. The number of aromatic nitrogens is 4. The molecular weight excluding hydrogens is 474 g/mol. The van der Waals surface area contributed by atoms with Crippen molar-refractivity contribution in [2.45, 2.75) is 24.9 Å². The molecule has 0 bridgehead atoms. The van der Waals surface area contributed by atoms with Gasteiger partial charge in [0.25, 0.3) is 0 Å². The molecule has 0 radical (unpaired) electrons. The maximum atomic E-state index is 16.0. The number of nitrogens with zero attached hydrogens (tertiary/aromatic N) is 5. The number of ether oxygens (including phenoxy) is 1. The first-order valence-corrected chi connectivity index (χ1v) is 12.3. The topological polar surface area (TPSA) is 114 Å². The van der Waals surface area contributed by atoms with E-state index < -0.39 is 11.6 Å². The number of thiazole rings is 1. The maximum absolute atomic E-state index is 16.0. The van der Waals surface area contributed by atoms with Crippen molar-refractivity contribution in [3.8, 4) is 17.3 Å². The summed E-state index contributed by atoms with van der Waals surface area (Å²) < 4.78 is 36.5. The van der Waals surface area contributed by atoms with E-state index in [1.165, 1.54) is 18.3 Å². The zero-order valence-electron chi connectivity index (χ0n) is 19.0. The fraction of sp³-hybridized carbons (Fsp3) is 0.391. The van der Waals surface area contributed by atoms with E-state index in [2.05, 4.69) is 42.5 Å². The van der Waals surface area contributed by atoms with Crippen molar-refractivity contribution in [2.75, 3.05) is 44.3 Å². The molecule has 6 rings (SSSR count). The fourth-order valence-corrected chi connectivity index (χ4v) is 5.29. The third kappa shape index (κ3) is 4.01. The minimum atomic E-state index is -0.651. The molecule has 35 heavy (non-hydrogen) atoms. The molecular formula is C23H24F2N8OS. The van der Waals surface area contributed by atoms with Gasteiger partial charge >= 0.3 is 6.01 Å². The van der Waals surface area contributed by atoms with Crippen LogP contribution in [0.4, 0.5) is 19.7 Å². The Kier molecular flexibility index (Phi) is 5.58. The third-order valence-electron chi connectivity index (χ3n) is 6.63. The summed E-state index contributed by atoms with van der Waals surface area (Å²) in [6.07, 6.45) is 3.67. The standard InChI is InChI=1S/C23H24F2N8OS/c1-33-6-2-3-12(33)10-34-23-31-18-14(21(32-23)29-11-7-27-8-11)9-28-17(16(18)25)13-4-5-15(24)20-19(13)30-22(26)35-20/h4-5,9,11-12,27H,2-3,6-8,10H2,1H3,(H2,26,30)(H,29,31,32). The predicted octanol–water partition coefficient (Wildman–Crippen LogP) is 3.02. The Morgan fingerprint density at radius 1 is 1.23 bits per heavy atom. The van der Waals surface area contributed by atoms with Crippen molar-refractivity contribution in [2.24, 2.45) is 0 Å². The van der Waals surface area contributed by atoms with Gasteiger partial charge in [-0.15, -0.1) is 0 Å². The highest BCUT2D eigenvalue weighted by Gasteiger charge is 2.25. The van der Waals surface area contributed by atoms with E-state index >= 15 is 4.39 Å². The summed E-state index contributed by atoms with van der Waals surface area (Å²) in [5.74, 6) is -0.645. The van der Waals surface area contributed by atoms with Crippen molar-refractivity contribution < 1.29 is 13.5 Å². The number of likely N-dealkylation sites (tertiary alicyclic amines) is 1. The van der Waals surface area contributed by atoms with Crippen LogP contribution in [0.25, 0.3) is 32.4 Å². The van der Waals surface area contributed by atoms with Crippen LogP contribution >= 0.6 is 11.3 Å². The second-order valence-corrected chi connectivity index (χ2v) is 9.98. The van der Waals surface area contributed by atoms with Gasteiger partial charge in [-0.3, -0.25) is 4.98 Å². The van der Waals surface area contributed by atoms with E-state index in [0.29, 0.717) is 23.4 Å². The number of anilines is 2. The van der Waals surface area contributed by atoms with Crippen LogP contribution in [0, 0.1) is 11.6 Å². The molecule has 3 aromatic heterocycles. The summed E-state index contributed by atoms with van der Waals surface area (Å²) >= 11 is 1.01. The summed E-state index contributed by atoms with van der Waals surface area (Å²) in [5.41, 5.74) is 6.52. The number of likely N-dealkylation sites (N-methyl/N-ethyl adjacent to an activating group) is 1. The highest BCUT2D eigenvalue weighted by Crippen LogP contribution is 2.37. The Morgan fingerprint density at radius 2 is 2.09 bits per heavy atom. The van der Waals surface area contributed by atoms with E-state index in [9.17, 15) is 4.39 Å². The average Bonchev–Trinajstić information content (AvgIpc) is 3.41. The lowest BCUT2D eigenvalue weighted by molar-refractivity contribution is 0.188. The summed E-state index contributed by atoms with van der Waals surface area (Å²) in [4.78, 5) is 19.8. The smallest absolute Gasteiger partial charge is 0.319 e. The normalized spacial score (nSPS) is 18.9. The molecule has 2 saturated heterocycles. The Labute approximate surface area is 203 Å². The van der Waals surface area contributed by atoms with E-state index in [0.717, 1.165) is 43.8 Å². The Bertz CT molecular complexity index is 1430. The van der Waals surface area contributed by atoms with Gasteiger partial charge in [-0.25, -0.2) is 13.8 Å². The van der Waals surface area contributed by atoms with Crippen molar-refractivity contribution in [3.05, 3.63) is 30.0 Å². The summed E-state index contributed by atoms with van der Waals surface area (Å²) in [5, 5.41) is 7.18. The quantitative estimate of drug-likeness (QED) is 0.369. The third-order valence-corrected chi connectivity index (χ3v) is 7.52. The van der Waals surface area contributed by atoms with E-state index in [1.54, 1.807) is 0 Å². The van der Waals surface area contributed by atoms with Crippen molar-refractivity contribution in [3.63, 3.8) is 0 Å². The molecule has 182 valence electrons. The van der Waals surface area contributed by atoms with Crippen LogP contribution < -0.4 is 21.1 Å². The second kappa shape index (κ2) is 8.77. The summed E-state index contributed by atoms with van der Waals surface area (Å²) in [6, 6.07) is 3.26. The van der Waals surface area contributed by atoms with Gasteiger partial charge in [-0.1, -0.05) is 11.3 Å². The number of pyridine rings is 1. The fourth-order valence-electron chi connectivity index (χ4n) is 4.53. The number of hydrogen-bond donors (Lipinski definition) is 3. The van der Waals surface area contributed by atoms with Gasteiger partial charge in [-0.2, -0.15) is 9.97 Å². The lowest BCUT2D eigenvalue weighted by atomic mass is 10.1. The van der Waals surface area contributed by atoms with Crippen LogP contribution in [0.3, 0.4) is 0 Å². The lowest BCUT2D eigenvalue weighted by Gasteiger charge is -2.29. The molecule has 2 aliphatic heterocycles. The minimum Gasteiger partial charge on any atom is -0.462 e. The molecule has 5 heterocycles. The van der Waals surface area contributed by atoms with E-state index in [-0.39, 0.29) is 44.7 Å². The number of nitrogens with one attached hydrogen (secondary N) is 2. The number of fused-ring (bicyclic) bond motifs is 2. The second-order valence-electron chi connectivity index (χ2n) is 8.95. The first-order valence-electron chi connectivity index (χ1n) is 11.5. The molecule has 0 saturated carbocycles. The van der Waals surface area contributed by atoms with Gasteiger partial charge in [0, 0.05) is 30.9 Å². The molecule has 2 fully saturated rings. The number of rotatable bonds is 6. The Hall–Kier alpha value is -3.22. The molecule has 9 nitrogen and oxygen atoms in total. The molecule has 4 aromatic rings. The van der Waals surface area contributed by atoms with Gasteiger partial charge in [-0.05, 0) is 38.6 Å². The molecule has 1 aromatic carbocycles. The highest BCUT2D eigenvalue weighted by molar-refractivity contribution is 7.22. The first kappa shape index (κ1) is 22.3. The zero-order chi connectivity index (χ0) is 24.1. The van der Waals surface area contributed by atoms with E-state index in [4.69, 9.17) is 10.5 Å².